The fraction of sp³-hybridized carbons (Fsp3) is 0.429. The highest BCUT2D eigenvalue weighted by atomic mass is 16.4. The van der Waals surface area contributed by atoms with Crippen LogP contribution in [0.15, 0.2) is 34.7 Å². The van der Waals surface area contributed by atoms with Crippen molar-refractivity contribution in [1.29, 1.82) is 0 Å². The molecule has 0 bridgehead atoms. The van der Waals surface area contributed by atoms with Crippen LogP contribution < -0.4 is 5.32 Å². The van der Waals surface area contributed by atoms with E-state index in [1.807, 2.05) is 18.2 Å². The van der Waals surface area contributed by atoms with Crippen LogP contribution in [-0.2, 0) is 6.42 Å². The number of anilines is 1. The van der Waals surface area contributed by atoms with E-state index < -0.39 is 0 Å². The van der Waals surface area contributed by atoms with Crippen LogP contribution in [0.1, 0.15) is 37.1 Å². The number of hydrogen-bond acceptors (Lipinski definition) is 4. The predicted molar refractivity (Wildman–Crippen MR) is 69.4 cm³/mol. The van der Waals surface area contributed by atoms with Crippen LogP contribution in [0.2, 0.25) is 0 Å². The highest BCUT2D eigenvalue weighted by Gasteiger charge is 2.17. The molecule has 0 spiro atoms. The molecule has 0 radical (unpaired) electrons. The van der Waals surface area contributed by atoms with Crippen molar-refractivity contribution < 1.29 is 4.42 Å². The summed E-state index contributed by atoms with van der Waals surface area (Å²) in [7, 11) is 0. The third-order valence-electron chi connectivity index (χ3n) is 3.35. The molecule has 1 N–H and O–H groups in total. The van der Waals surface area contributed by atoms with Gasteiger partial charge in [-0.3, -0.25) is 0 Å². The van der Waals surface area contributed by atoms with Crippen molar-refractivity contribution in [1.82, 2.24) is 10.2 Å². The van der Waals surface area contributed by atoms with E-state index in [1.165, 1.54) is 31.2 Å². The third-order valence-corrected chi connectivity index (χ3v) is 3.35. The molecular weight excluding hydrogens is 226 g/mol. The van der Waals surface area contributed by atoms with Gasteiger partial charge in [0.1, 0.15) is 0 Å². The Morgan fingerprint density at radius 2 is 1.89 bits per heavy atom. The van der Waals surface area contributed by atoms with Crippen LogP contribution in [0.25, 0.3) is 0 Å². The van der Waals surface area contributed by atoms with Gasteiger partial charge in [0.05, 0.1) is 6.42 Å². The highest BCUT2D eigenvalue weighted by molar-refractivity contribution is 5.22. The van der Waals surface area contributed by atoms with Gasteiger partial charge in [0.25, 0.3) is 0 Å². The molecule has 94 valence electrons. The molecule has 1 saturated carbocycles. The van der Waals surface area contributed by atoms with Crippen LogP contribution in [0.3, 0.4) is 0 Å². The first-order valence-electron chi connectivity index (χ1n) is 6.53. The number of nitrogens with zero attached hydrogens (tertiary/aromatic N) is 2. The van der Waals surface area contributed by atoms with Crippen LogP contribution in [0, 0.1) is 0 Å². The average Bonchev–Trinajstić information content (AvgIpc) is 3.03. The van der Waals surface area contributed by atoms with E-state index in [9.17, 15) is 0 Å². The van der Waals surface area contributed by atoms with Gasteiger partial charge in [0.2, 0.25) is 5.89 Å². The molecule has 2 aromatic rings. The average molecular weight is 243 g/mol. The number of nitrogens with one attached hydrogen (secondary N) is 1. The second-order valence-electron chi connectivity index (χ2n) is 4.79. The van der Waals surface area contributed by atoms with Crippen LogP contribution >= 0.6 is 0 Å². The molecule has 1 fully saturated rings. The van der Waals surface area contributed by atoms with E-state index in [0.29, 0.717) is 24.4 Å². The molecule has 0 amide bonds. The van der Waals surface area contributed by atoms with E-state index in [4.69, 9.17) is 4.42 Å². The molecule has 4 heteroatoms. The Hall–Kier alpha value is -1.84. The minimum Gasteiger partial charge on any atom is -0.408 e. The summed E-state index contributed by atoms with van der Waals surface area (Å²) in [5, 5.41) is 11.4. The summed E-state index contributed by atoms with van der Waals surface area (Å²) in [6.45, 7) is 0. The Balaban J connectivity index is 1.62. The number of aromatic nitrogens is 2. The lowest BCUT2D eigenvalue weighted by atomic mass is 10.2. The maximum absolute atomic E-state index is 5.62. The van der Waals surface area contributed by atoms with Crippen LogP contribution in [0.5, 0.6) is 0 Å². The molecule has 4 nitrogen and oxygen atoms in total. The minimum atomic E-state index is 0.509. The molecule has 0 unspecified atom stereocenters. The largest absolute Gasteiger partial charge is 0.408 e. The summed E-state index contributed by atoms with van der Waals surface area (Å²) in [6, 6.07) is 11.2. The van der Waals surface area contributed by atoms with Crippen LogP contribution in [-0.4, -0.2) is 16.2 Å². The van der Waals surface area contributed by atoms with Gasteiger partial charge in [-0.1, -0.05) is 48.3 Å². The van der Waals surface area contributed by atoms with E-state index in [0.717, 1.165) is 0 Å². The molecule has 1 aliphatic rings. The van der Waals surface area contributed by atoms with E-state index in [-0.39, 0.29) is 0 Å². The maximum Gasteiger partial charge on any atom is 0.315 e. The fourth-order valence-corrected chi connectivity index (χ4v) is 2.40. The standard InChI is InChI=1S/C14H17N3O/c1-2-6-11(7-3-1)10-13-16-17-14(18-13)15-12-8-4-5-9-12/h1-3,6-7,12H,4-5,8-10H2,(H,15,17). The van der Waals surface area contributed by atoms with Gasteiger partial charge in [0.15, 0.2) is 0 Å². The predicted octanol–water partition coefficient (Wildman–Crippen LogP) is 3.01. The number of hydrogen-bond donors (Lipinski definition) is 1. The quantitative estimate of drug-likeness (QED) is 0.896. The zero-order chi connectivity index (χ0) is 12.2. The van der Waals surface area contributed by atoms with E-state index in [2.05, 4.69) is 27.6 Å². The minimum absolute atomic E-state index is 0.509. The number of rotatable bonds is 4. The summed E-state index contributed by atoms with van der Waals surface area (Å²) in [4.78, 5) is 0. The molecule has 1 aliphatic carbocycles. The Bertz CT molecular complexity index is 489. The lowest BCUT2D eigenvalue weighted by Crippen LogP contribution is -2.14. The summed E-state index contributed by atoms with van der Waals surface area (Å²) in [5.41, 5.74) is 1.19. The molecule has 1 aromatic carbocycles. The Morgan fingerprint density at radius 1 is 1.11 bits per heavy atom. The molecule has 1 heterocycles. The second-order valence-corrected chi connectivity index (χ2v) is 4.79. The molecule has 1 aromatic heterocycles. The smallest absolute Gasteiger partial charge is 0.315 e. The first-order chi connectivity index (χ1) is 8.90. The van der Waals surface area contributed by atoms with Crippen molar-refractivity contribution in [2.45, 2.75) is 38.1 Å². The van der Waals surface area contributed by atoms with Crippen molar-refractivity contribution in [3.05, 3.63) is 41.8 Å². The van der Waals surface area contributed by atoms with Gasteiger partial charge in [-0.25, -0.2) is 0 Å². The van der Waals surface area contributed by atoms with Crippen molar-refractivity contribution in [3.63, 3.8) is 0 Å². The van der Waals surface area contributed by atoms with Gasteiger partial charge in [-0.15, -0.1) is 5.10 Å². The summed E-state index contributed by atoms with van der Waals surface area (Å²) < 4.78 is 5.62. The zero-order valence-electron chi connectivity index (χ0n) is 10.3. The van der Waals surface area contributed by atoms with E-state index >= 15 is 0 Å². The topological polar surface area (TPSA) is 51.0 Å². The molecule has 0 aliphatic heterocycles. The molecule has 18 heavy (non-hydrogen) atoms. The van der Waals surface area contributed by atoms with Gasteiger partial charge >= 0.3 is 6.01 Å². The summed E-state index contributed by atoms with van der Waals surface area (Å²) >= 11 is 0. The van der Waals surface area contributed by atoms with Gasteiger partial charge in [0, 0.05) is 6.04 Å². The highest BCUT2D eigenvalue weighted by Crippen LogP contribution is 2.21. The third kappa shape index (κ3) is 2.70. The van der Waals surface area contributed by atoms with Gasteiger partial charge < -0.3 is 9.73 Å². The van der Waals surface area contributed by atoms with Crippen molar-refractivity contribution in [3.8, 4) is 0 Å². The van der Waals surface area contributed by atoms with Crippen molar-refractivity contribution >= 4 is 6.01 Å². The monoisotopic (exact) mass is 243 g/mol. The maximum atomic E-state index is 5.62. The van der Waals surface area contributed by atoms with Gasteiger partial charge in [-0.2, -0.15) is 0 Å². The lowest BCUT2D eigenvalue weighted by molar-refractivity contribution is 0.509. The first-order valence-corrected chi connectivity index (χ1v) is 6.53. The fourth-order valence-electron chi connectivity index (χ4n) is 2.40. The van der Waals surface area contributed by atoms with Crippen molar-refractivity contribution in [2.75, 3.05) is 5.32 Å². The first kappa shape index (κ1) is 11.3. The molecular formula is C14H17N3O. The SMILES string of the molecule is c1ccc(Cc2nnc(NC3CCCC3)o2)cc1. The Labute approximate surface area is 106 Å². The lowest BCUT2D eigenvalue weighted by Gasteiger charge is -2.07. The normalized spacial score (nSPS) is 16.0. The molecule has 0 saturated heterocycles. The Morgan fingerprint density at radius 3 is 2.67 bits per heavy atom. The molecule has 0 atom stereocenters. The molecule has 3 rings (SSSR count). The summed E-state index contributed by atoms with van der Waals surface area (Å²) in [6.07, 6.45) is 5.69. The second kappa shape index (κ2) is 5.21. The Kier molecular flexibility index (Phi) is 3.26. The van der Waals surface area contributed by atoms with Crippen LogP contribution in [0.4, 0.5) is 6.01 Å². The zero-order valence-corrected chi connectivity index (χ0v) is 10.3. The number of benzene rings is 1. The van der Waals surface area contributed by atoms with E-state index in [1.54, 1.807) is 0 Å². The summed E-state index contributed by atoms with van der Waals surface area (Å²) in [5.74, 6) is 0.668. The van der Waals surface area contributed by atoms with Crippen molar-refractivity contribution in [2.24, 2.45) is 0 Å². The van der Waals surface area contributed by atoms with Gasteiger partial charge in [-0.05, 0) is 18.4 Å².